The largest absolute Gasteiger partial charge is 0.0836 e. The quantitative estimate of drug-likeness (QED) is 0.614. The highest BCUT2D eigenvalue weighted by Gasteiger charge is 2.33. The predicted molar refractivity (Wildman–Crippen MR) is 86.0 cm³/mol. The average molecular weight is 253 g/mol. The first-order chi connectivity index (χ1) is 7.21. The van der Waals surface area contributed by atoms with E-state index in [-0.39, 0.29) is 16.3 Å². The van der Waals surface area contributed by atoms with Gasteiger partial charge in [0.1, 0.15) is 0 Å². The summed E-state index contributed by atoms with van der Waals surface area (Å²) in [6.45, 7) is 5.11. The van der Waals surface area contributed by atoms with Crippen molar-refractivity contribution < 1.29 is 1.43 Å². The number of hydrogen-bond acceptors (Lipinski definition) is 0. The van der Waals surface area contributed by atoms with Gasteiger partial charge in [-0.05, 0) is 5.54 Å². The van der Waals surface area contributed by atoms with Crippen molar-refractivity contribution in [3.05, 3.63) is 30.3 Å². The van der Waals surface area contributed by atoms with E-state index in [0.717, 1.165) is 5.54 Å². The van der Waals surface area contributed by atoms with E-state index in [0.29, 0.717) is 0 Å². The maximum atomic E-state index is 2.55. The van der Waals surface area contributed by atoms with E-state index in [1.165, 1.54) is 32.1 Å². The molecule has 1 saturated carbocycles. The van der Waals surface area contributed by atoms with Crippen molar-refractivity contribution in [2.75, 3.05) is 0 Å². The van der Waals surface area contributed by atoms with E-state index in [1.54, 1.807) is 5.19 Å². The highest BCUT2D eigenvalue weighted by Crippen LogP contribution is 2.36. The molecule has 0 bridgehead atoms. The molecule has 17 heavy (non-hydrogen) atoms. The van der Waals surface area contributed by atoms with E-state index in [4.69, 9.17) is 0 Å². The monoisotopic (exact) mass is 252 g/mol. The standard InChI is InChI=1S/C14H22Si.2CH4.H2/c1-15(2,13-9-5-3-6-10-13)14-11-7-4-8-12-14;;;/h3,5-6,9-10,14H,4,7-8,11-12H2,1-2H3;2*1H4;1H. The molecule has 0 amide bonds. The van der Waals surface area contributed by atoms with Gasteiger partial charge in [-0.2, -0.15) is 0 Å². The minimum atomic E-state index is -1.18. The van der Waals surface area contributed by atoms with Gasteiger partial charge >= 0.3 is 0 Å². The molecule has 0 unspecified atom stereocenters. The molecule has 0 aromatic heterocycles. The van der Waals surface area contributed by atoms with E-state index in [1.807, 2.05) is 0 Å². The number of hydrogen-bond donors (Lipinski definition) is 0. The Labute approximate surface area is 111 Å². The second-order valence-electron chi connectivity index (χ2n) is 5.42. The summed E-state index contributed by atoms with van der Waals surface area (Å²) in [5, 5.41) is 1.65. The lowest BCUT2D eigenvalue weighted by molar-refractivity contribution is 0.494. The summed E-state index contributed by atoms with van der Waals surface area (Å²) in [5.41, 5.74) is 1.02. The van der Waals surface area contributed by atoms with Crippen LogP contribution >= 0.6 is 0 Å². The van der Waals surface area contributed by atoms with Crippen LogP contribution in [0.3, 0.4) is 0 Å². The SMILES string of the molecule is C.C.C[Si](C)(c1ccccc1)C1CCCCC1.[HH]. The molecule has 2 rings (SSSR count). The van der Waals surface area contributed by atoms with Crippen LogP contribution in [0.1, 0.15) is 48.4 Å². The van der Waals surface area contributed by atoms with Crippen molar-refractivity contribution in [2.45, 2.75) is 65.6 Å². The minimum Gasteiger partial charge on any atom is -0.0776 e. The van der Waals surface area contributed by atoms with Gasteiger partial charge in [-0.3, -0.25) is 0 Å². The lowest BCUT2D eigenvalue weighted by atomic mass is 10.0. The molecule has 100 valence electrons. The number of benzene rings is 1. The van der Waals surface area contributed by atoms with Gasteiger partial charge in [0.15, 0.2) is 0 Å². The van der Waals surface area contributed by atoms with Gasteiger partial charge in [0.25, 0.3) is 0 Å². The summed E-state index contributed by atoms with van der Waals surface area (Å²) in [6, 6.07) is 11.2. The van der Waals surface area contributed by atoms with Gasteiger partial charge in [-0.1, -0.05) is 95.6 Å². The Morgan fingerprint density at radius 2 is 1.47 bits per heavy atom. The lowest BCUT2D eigenvalue weighted by Gasteiger charge is -2.35. The Hall–Kier alpha value is -0.563. The molecule has 1 aromatic rings. The fourth-order valence-corrected chi connectivity index (χ4v) is 6.30. The van der Waals surface area contributed by atoms with Crippen molar-refractivity contribution in [1.29, 1.82) is 0 Å². The van der Waals surface area contributed by atoms with Crippen LogP contribution in [0.4, 0.5) is 0 Å². The fraction of sp³-hybridized carbons (Fsp3) is 0.625. The molecule has 1 fully saturated rings. The lowest BCUT2D eigenvalue weighted by Crippen LogP contribution is -2.46. The average Bonchev–Trinajstić information content (AvgIpc) is 2.31. The Balaban J connectivity index is 0. The first-order valence-electron chi connectivity index (χ1n) is 6.27. The molecule has 1 aromatic carbocycles. The van der Waals surface area contributed by atoms with Crippen molar-refractivity contribution in [2.24, 2.45) is 0 Å². The Bertz CT molecular complexity index is 302. The summed E-state index contributed by atoms with van der Waals surface area (Å²) >= 11 is 0. The van der Waals surface area contributed by atoms with Crippen LogP contribution in [0, 0.1) is 0 Å². The molecule has 0 atom stereocenters. The second-order valence-corrected chi connectivity index (χ2v) is 10.3. The molecule has 0 N–H and O–H groups in total. The molecule has 0 aliphatic heterocycles. The van der Waals surface area contributed by atoms with E-state index < -0.39 is 8.07 Å². The van der Waals surface area contributed by atoms with Crippen LogP contribution in [0.15, 0.2) is 30.3 Å². The summed E-state index contributed by atoms with van der Waals surface area (Å²) in [5.74, 6) is 0. The van der Waals surface area contributed by atoms with Crippen LogP contribution in [-0.4, -0.2) is 8.07 Å². The van der Waals surface area contributed by atoms with E-state index in [2.05, 4.69) is 43.4 Å². The van der Waals surface area contributed by atoms with Crippen LogP contribution in [0.25, 0.3) is 0 Å². The molecule has 0 saturated heterocycles. The van der Waals surface area contributed by atoms with Gasteiger partial charge in [0.2, 0.25) is 0 Å². The first kappa shape index (κ1) is 16.4. The van der Waals surface area contributed by atoms with E-state index in [9.17, 15) is 0 Å². The van der Waals surface area contributed by atoms with Crippen LogP contribution in [-0.2, 0) is 0 Å². The first-order valence-corrected chi connectivity index (χ1v) is 9.34. The third-order valence-corrected chi connectivity index (χ3v) is 8.58. The highest BCUT2D eigenvalue weighted by atomic mass is 28.3. The Kier molecular flexibility index (Phi) is 6.77. The zero-order valence-electron chi connectivity index (χ0n) is 10.00. The fourth-order valence-electron chi connectivity index (χ4n) is 2.93. The van der Waals surface area contributed by atoms with Gasteiger partial charge in [-0.15, -0.1) is 0 Å². The molecule has 1 heteroatoms. The molecular formula is C16H32Si. The second kappa shape index (κ2) is 7.00. The van der Waals surface area contributed by atoms with Crippen molar-refractivity contribution in [3.8, 4) is 0 Å². The summed E-state index contributed by atoms with van der Waals surface area (Å²) in [6.07, 6.45) is 7.36. The molecule has 0 spiro atoms. The summed E-state index contributed by atoms with van der Waals surface area (Å²) < 4.78 is 0. The van der Waals surface area contributed by atoms with Gasteiger partial charge in [0, 0.05) is 1.43 Å². The zero-order chi connectivity index (χ0) is 10.7. The third kappa shape index (κ3) is 3.70. The maximum Gasteiger partial charge on any atom is 0.0836 e. The van der Waals surface area contributed by atoms with Gasteiger partial charge < -0.3 is 0 Å². The van der Waals surface area contributed by atoms with Crippen LogP contribution in [0.2, 0.25) is 18.6 Å². The number of rotatable bonds is 2. The third-order valence-electron chi connectivity index (χ3n) is 4.14. The van der Waals surface area contributed by atoms with Crippen molar-refractivity contribution in [1.82, 2.24) is 0 Å². The Morgan fingerprint density at radius 1 is 0.941 bits per heavy atom. The van der Waals surface area contributed by atoms with Crippen molar-refractivity contribution >= 4 is 13.3 Å². The normalized spacial score (nSPS) is 16.8. The molecule has 0 radical (unpaired) electrons. The molecular weight excluding hydrogens is 220 g/mol. The van der Waals surface area contributed by atoms with Gasteiger partial charge in [-0.25, -0.2) is 0 Å². The topological polar surface area (TPSA) is 0 Å². The summed E-state index contributed by atoms with van der Waals surface area (Å²) in [7, 11) is -1.18. The maximum absolute atomic E-state index is 2.55. The smallest absolute Gasteiger partial charge is 0.0776 e. The summed E-state index contributed by atoms with van der Waals surface area (Å²) in [4.78, 5) is 0. The highest BCUT2D eigenvalue weighted by molar-refractivity contribution is 6.91. The Morgan fingerprint density at radius 3 is 2.00 bits per heavy atom. The minimum absolute atomic E-state index is 0. The molecule has 0 nitrogen and oxygen atoms in total. The predicted octanol–water partition coefficient (Wildman–Crippen LogP) is 5.45. The van der Waals surface area contributed by atoms with Crippen molar-refractivity contribution in [3.63, 3.8) is 0 Å². The van der Waals surface area contributed by atoms with E-state index >= 15 is 0 Å². The molecule has 1 aliphatic rings. The van der Waals surface area contributed by atoms with Crippen LogP contribution < -0.4 is 5.19 Å². The van der Waals surface area contributed by atoms with Gasteiger partial charge in [0.05, 0.1) is 8.07 Å². The van der Waals surface area contributed by atoms with Crippen LogP contribution in [0.5, 0.6) is 0 Å². The molecule has 1 aliphatic carbocycles. The molecule has 0 heterocycles. The zero-order valence-corrected chi connectivity index (χ0v) is 11.0.